The lowest BCUT2D eigenvalue weighted by Crippen LogP contribution is -2.48. The molecule has 0 saturated carbocycles. The fourth-order valence-electron chi connectivity index (χ4n) is 3.38. The van der Waals surface area contributed by atoms with E-state index in [1.54, 1.807) is 14.0 Å². The predicted octanol–water partition coefficient (Wildman–Crippen LogP) is 2.97. The molecule has 1 amide bonds. The molecule has 1 saturated heterocycles. The van der Waals surface area contributed by atoms with Gasteiger partial charge in [0.2, 0.25) is 5.91 Å². The van der Waals surface area contributed by atoms with Crippen molar-refractivity contribution in [3.8, 4) is 5.75 Å². The van der Waals surface area contributed by atoms with Crippen LogP contribution in [0.2, 0.25) is 0 Å². The summed E-state index contributed by atoms with van der Waals surface area (Å²) in [6, 6.07) is 13.4. The second kappa shape index (κ2) is 8.89. The third-order valence-corrected chi connectivity index (χ3v) is 5.01. The van der Waals surface area contributed by atoms with Crippen molar-refractivity contribution in [3.05, 3.63) is 53.6 Å². The molecule has 6 nitrogen and oxygen atoms in total. The number of rotatable bonds is 6. The molecule has 1 N–H and O–H groups in total. The van der Waals surface area contributed by atoms with Gasteiger partial charge in [0.1, 0.15) is 5.75 Å². The number of nitrogens with one attached hydrogen (secondary N) is 1. The van der Waals surface area contributed by atoms with Gasteiger partial charge in [-0.05, 0) is 55.8 Å². The number of methoxy groups -OCH3 is 1. The topological polar surface area (TPSA) is 61.9 Å². The first-order valence-corrected chi connectivity index (χ1v) is 9.49. The van der Waals surface area contributed by atoms with E-state index in [0.717, 1.165) is 43.0 Å². The van der Waals surface area contributed by atoms with Gasteiger partial charge >= 0.3 is 0 Å². The highest BCUT2D eigenvalue weighted by molar-refractivity contribution is 5.94. The highest BCUT2D eigenvalue weighted by Gasteiger charge is 2.20. The Morgan fingerprint density at radius 3 is 2.32 bits per heavy atom. The predicted molar refractivity (Wildman–Crippen MR) is 111 cm³/mol. The molecule has 28 heavy (non-hydrogen) atoms. The number of hydrogen-bond donors (Lipinski definition) is 1. The van der Waals surface area contributed by atoms with Crippen molar-refractivity contribution < 1.29 is 14.3 Å². The summed E-state index contributed by atoms with van der Waals surface area (Å²) in [6.45, 7) is 7.23. The first kappa shape index (κ1) is 19.9. The van der Waals surface area contributed by atoms with E-state index in [1.165, 1.54) is 0 Å². The van der Waals surface area contributed by atoms with Crippen molar-refractivity contribution in [2.45, 2.75) is 13.8 Å². The van der Waals surface area contributed by atoms with Gasteiger partial charge in [-0.1, -0.05) is 6.07 Å². The second-order valence-electron chi connectivity index (χ2n) is 7.12. The Balaban J connectivity index is 1.52. The van der Waals surface area contributed by atoms with Crippen LogP contribution in [0.1, 0.15) is 22.8 Å². The Kier molecular flexibility index (Phi) is 6.31. The van der Waals surface area contributed by atoms with E-state index in [2.05, 4.69) is 15.1 Å². The average Bonchev–Trinajstić information content (AvgIpc) is 2.69. The first-order valence-electron chi connectivity index (χ1n) is 9.49. The Morgan fingerprint density at radius 2 is 1.71 bits per heavy atom. The van der Waals surface area contributed by atoms with Crippen LogP contribution >= 0.6 is 0 Å². The zero-order chi connectivity index (χ0) is 20.1. The molecule has 2 aromatic carbocycles. The van der Waals surface area contributed by atoms with Crippen LogP contribution in [0.5, 0.6) is 5.75 Å². The molecule has 0 radical (unpaired) electrons. The summed E-state index contributed by atoms with van der Waals surface area (Å²) in [6.07, 6.45) is 0. The van der Waals surface area contributed by atoms with Gasteiger partial charge in [-0.3, -0.25) is 14.5 Å². The maximum atomic E-state index is 12.5. The Hall–Kier alpha value is -2.86. The van der Waals surface area contributed by atoms with Gasteiger partial charge in [-0.2, -0.15) is 0 Å². The van der Waals surface area contributed by atoms with Crippen LogP contribution in [0.25, 0.3) is 0 Å². The SMILES string of the molecule is COc1ccc(C)cc1NC(=O)CN1CCN(c2ccc(C(C)=O)cc2)CC1. The van der Waals surface area contributed by atoms with Gasteiger partial charge in [0, 0.05) is 37.4 Å². The normalized spacial score (nSPS) is 14.6. The van der Waals surface area contributed by atoms with Crippen LogP contribution in [0.4, 0.5) is 11.4 Å². The number of benzene rings is 2. The van der Waals surface area contributed by atoms with Crippen molar-refractivity contribution in [2.75, 3.05) is 50.1 Å². The minimum absolute atomic E-state index is 0.0387. The molecule has 1 heterocycles. The highest BCUT2D eigenvalue weighted by Crippen LogP contribution is 2.25. The number of ketones is 1. The number of ether oxygens (including phenoxy) is 1. The molecule has 6 heteroatoms. The summed E-state index contributed by atoms with van der Waals surface area (Å²) in [5.74, 6) is 0.702. The third kappa shape index (κ3) is 4.89. The van der Waals surface area contributed by atoms with E-state index in [0.29, 0.717) is 18.0 Å². The second-order valence-corrected chi connectivity index (χ2v) is 7.12. The molecule has 148 valence electrons. The van der Waals surface area contributed by atoms with Crippen molar-refractivity contribution in [2.24, 2.45) is 0 Å². The summed E-state index contributed by atoms with van der Waals surface area (Å²) >= 11 is 0. The van der Waals surface area contributed by atoms with Crippen molar-refractivity contribution >= 4 is 23.1 Å². The number of carbonyl (C=O) groups is 2. The number of carbonyl (C=O) groups excluding carboxylic acids is 2. The van der Waals surface area contributed by atoms with Crippen molar-refractivity contribution in [3.63, 3.8) is 0 Å². The van der Waals surface area contributed by atoms with Crippen LogP contribution in [0, 0.1) is 6.92 Å². The van der Waals surface area contributed by atoms with Crippen LogP contribution in [0.15, 0.2) is 42.5 Å². The zero-order valence-electron chi connectivity index (χ0n) is 16.7. The molecule has 3 rings (SSSR count). The Morgan fingerprint density at radius 1 is 1.04 bits per heavy atom. The van der Waals surface area contributed by atoms with Gasteiger partial charge in [-0.15, -0.1) is 0 Å². The van der Waals surface area contributed by atoms with Crippen LogP contribution in [0.3, 0.4) is 0 Å². The van der Waals surface area contributed by atoms with Crippen molar-refractivity contribution in [1.29, 1.82) is 0 Å². The quantitative estimate of drug-likeness (QED) is 0.780. The van der Waals surface area contributed by atoms with Gasteiger partial charge in [0.25, 0.3) is 0 Å². The molecule has 0 bridgehead atoms. The lowest BCUT2D eigenvalue weighted by molar-refractivity contribution is -0.117. The number of Topliss-reactive ketones (excluding diaryl/α,β-unsaturated/α-hetero) is 1. The minimum Gasteiger partial charge on any atom is -0.495 e. The smallest absolute Gasteiger partial charge is 0.238 e. The van der Waals surface area contributed by atoms with Gasteiger partial charge in [-0.25, -0.2) is 0 Å². The monoisotopic (exact) mass is 381 g/mol. The molecular formula is C22H27N3O3. The highest BCUT2D eigenvalue weighted by atomic mass is 16.5. The largest absolute Gasteiger partial charge is 0.495 e. The molecule has 0 unspecified atom stereocenters. The number of aryl methyl sites for hydroxylation is 1. The number of hydrogen-bond acceptors (Lipinski definition) is 5. The minimum atomic E-state index is -0.0387. The molecule has 0 aliphatic carbocycles. The van der Waals surface area contributed by atoms with E-state index in [1.807, 2.05) is 49.4 Å². The average molecular weight is 381 g/mol. The zero-order valence-corrected chi connectivity index (χ0v) is 16.7. The van der Waals surface area contributed by atoms with E-state index in [9.17, 15) is 9.59 Å². The molecule has 0 spiro atoms. The van der Waals surface area contributed by atoms with Crippen molar-refractivity contribution in [1.82, 2.24) is 4.90 Å². The van der Waals surface area contributed by atoms with E-state index in [4.69, 9.17) is 4.74 Å². The molecule has 1 aliphatic rings. The fourth-order valence-corrected chi connectivity index (χ4v) is 3.38. The lowest BCUT2D eigenvalue weighted by Gasteiger charge is -2.35. The molecule has 2 aromatic rings. The number of piperazine rings is 1. The summed E-state index contributed by atoms with van der Waals surface area (Å²) in [7, 11) is 1.60. The number of anilines is 2. The Labute approximate surface area is 166 Å². The summed E-state index contributed by atoms with van der Waals surface area (Å²) in [4.78, 5) is 28.3. The van der Waals surface area contributed by atoms with Crippen LogP contribution in [-0.4, -0.2) is 56.4 Å². The van der Waals surface area contributed by atoms with Crippen LogP contribution in [-0.2, 0) is 4.79 Å². The first-order chi connectivity index (χ1) is 13.5. The third-order valence-electron chi connectivity index (χ3n) is 5.01. The summed E-state index contributed by atoms with van der Waals surface area (Å²) in [5, 5.41) is 2.96. The van der Waals surface area contributed by atoms with E-state index < -0.39 is 0 Å². The molecule has 1 aliphatic heterocycles. The summed E-state index contributed by atoms with van der Waals surface area (Å²) < 4.78 is 5.32. The molecule has 0 aromatic heterocycles. The van der Waals surface area contributed by atoms with E-state index in [-0.39, 0.29) is 11.7 Å². The van der Waals surface area contributed by atoms with Gasteiger partial charge in [0.15, 0.2) is 5.78 Å². The van der Waals surface area contributed by atoms with Gasteiger partial charge < -0.3 is 15.0 Å². The molecule has 0 atom stereocenters. The van der Waals surface area contributed by atoms with Gasteiger partial charge in [0.05, 0.1) is 19.3 Å². The summed E-state index contributed by atoms with van der Waals surface area (Å²) in [5.41, 5.74) is 3.61. The maximum Gasteiger partial charge on any atom is 0.238 e. The van der Waals surface area contributed by atoms with Crippen LogP contribution < -0.4 is 15.0 Å². The standard InChI is InChI=1S/C22H27N3O3/c1-16-4-9-21(28-3)20(14-16)23-22(27)15-24-10-12-25(13-11-24)19-7-5-18(6-8-19)17(2)26/h4-9,14H,10-13,15H2,1-3H3,(H,23,27). The molecule has 1 fully saturated rings. The van der Waals surface area contributed by atoms with E-state index >= 15 is 0 Å². The number of amides is 1. The molecular weight excluding hydrogens is 354 g/mol. The number of nitrogens with zero attached hydrogens (tertiary/aromatic N) is 2. The maximum absolute atomic E-state index is 12.5. The fraction of sp³-hybridized carbons (Fsp3) is 0.364. The lowest BCUT2D eigenvalue weighted by atomic mass is 10.1. The Bertz CT molecular complexity index is 841.